The van der Waals surface area contributed by atoms with E-state index in [4.69, 9.17) is 10.7 Å². The van der Waals surface area contributed by atoms with Crippen LogP contribution in [0.4, 0.5) is 17.1 Å². The van der Waals surface area contributed by atoms with Gasteiger partial charge in [-0.3, -0.25) is 0 Å². The van der Waals surface area contributed by atoms with Gasteiger partial charge in [0.25, 0.3) is 0 Å². The molecule has 0 saturated heterocycles. The van der Waals surface area contributed by atoms with Crippen LogP contribution in [0.25, 0.3) is 21.8 Å². The maximum absolute atomic E-state index is 5.92. The lowest BCUT2D eigenvalue weighted by Gasteiger charge is -2.13. The third kappa shape index (κ3) is 3.03. The fourth-order valence-corrected chi connectivity index (χ4v) is 2.99. The third-order valence-electron chi connectivity index (χ3n) is 3.82. The monoisotopic (exact) mass is 399 g/mol. The Kier molecular flexibility index (Phi) is 4.60. The van der Waals surface area contributed by atoms with E-state index in [9.17, 15) is 0 Å². The number of fused-ring (bicyclic) bond motifs is 2. The fourth-order valence-electron chi connectivity index (χ4n) is 2.72. The summed E-state index contributed by atoms with van der Waals surface area (Å²) in [4.78, 5) is 4.73. The summed E-state index contributed by atoms with van der Waals surface area (Å²) in [5.74, 6) is 0. The van der Waals surface area contributed by atoms with Gasteiger partial charge in [0.15, 0.2) is 0 Å². The number of para-hydroxylation sites is 1. The number of hydrogen-bond donors (Lipinski definition) is 2. The number of nitrogen functional groups attached to an aromatic ring is 1. The van der Waals surface area contributed by atoms with E-state index in [2.05, 4.69) is 27.3 Å². The number of benzene rings is 3. The van der Waals surface area contributed by atoms with Crippen molar-refractivity contribution in [2.45, 2.75) is 0 Å². The molecular formula is C19H15BrClN3. The van der Waals surface area contributed by atoms with E-state index >= 15 is 0 Å². The van der Waals surface area contributed by atoms with E-state index < -0.39 is 0 Å². The summed E-state index contributed by atoms with van der Waals surface area (Å²) < 4.78 is 1.06. The van der Waals surface area contributed by atoms with Crippen molar-refractivity contribution in [3.63, 3.8) is 0 Å². The number of halogens is 2. The van der Waals surface area contributed by atoms with Gasteiger partial charge in [-0.05, 0) is 48.5 Å². The molecule has 0 amide bonds. The van der Waals surface area contributed by atoms with Crippen LogP contribution in [0.1, 0.15) is 0 Å². The third-order valence-corrected chi connectivity index (χ3v) is 4.35. The second-order valence-electron chi connectivity index (χ2n) is 5.41. The molecular weight excluding hydrogens is 386 g/mol. The number of nitrogens with two attached hydrogens (primary N) is 1. The van der Waals surface area contributed by atoms with Crippen molar-refractivity contribution < 1.29 is 0 Å². The van der Waals surface area contributed by atoms with Gasteiger partial charge < -0.3 is 11.1 Å². The highest BCUT2D eigenvalue weighted by Gasteiger charge is 2.09. The van der Waals surface area contributed by atoms with Crippen LogP contribution < -0.4 is 11.1 Å². The predicted molar refractivity (Wildman–Crippen MR) is 108 cm³/mol. The van der Waals surface area contributed by atoms with E-state index in [1.165, 1.54) is 0 Å². The molecule has 5 heteroatoms. The van der Waals surface area contributed by atoms with Crippen LogP contribution in [-0.2, 0) is 0 Å². The van der Waals surface area contributed by atoms with Crippen molar-refractivity contribution in [3.05, 3.63) is 71.2 Å². The summed E-state index contributed by atoms with van der Waals surface area (Å²) in [6.07, 6.45) is 0. The predicted octanol–water partition coefficient (Wildman–Crippen LogP) is 5.90. The molecule has 4 rings (SSSR count). The van der Waals surface area contributed by atoms with Crippen LogP contribution in [0.15, 0.2) is 71.2 Å². The zero-order valence-corrected chi connectivity index (χ0v) is 15.1. The summed E-state index contributed by atoms with van der Waals surface area (Å²) in [6, 6.07) is 22.1. The molecule has 0 atom stereocenters. The maximum Gasteiger partial charge on any atom is 0.0751 e. The first-order valence-corrected chi connectivity index (χ1v) is 8.10. The Bertz CT molecular complexity index is 1020. The minimum Gasteiger partial charge on any atom is -0.399 e. The molecule has 0 bridgehead atoms. The first-order valence-electron chi connectivity index (χ1n) is 7.31. The second kappa shape index (κ2) is 6.67. The lowest BCUT2D eigenvalue weighted by atomic mass is 10.1. The summed E-state index contributed by atoms with van der Waals surface area (Å²) in [5.41, 5.74) is 10.6. The quantitative estimate of drug-likeness (QED) is 0.325. The average molecular weight is 401 g/mol. The van der Waals surface area contributed by atoms with Gasteiger partial charge in [0, 0.05) is 26.6 Å². The van der Waals surface area contributed by atoms with Gasteiger partial charge >= 0.3 is 0 Å². The zero-order chi connectivity index (χ0) is 15.8. The van der Waals surface area contributed by atoms with Crippen LogP contribution in [0.3, 0.4) is 0 Å². The molecule has 3 nitrogen and oxygen atoms in total. The van der Waals surface area contributed by atoms with Crippen molar-refractivity contribution in [1.82, 2.24) is 4.98 Å². The topological polar surface area (TPSA) is 50.9 Å². The van der Waals surface area contributed by atoms with E-state index in [0.717, 1.165) is 43.3 Å². The Morgan fingerprint density at radius 2 is 1.54 bits per heavy atom. The molecule has 0 aliphatic carbocycles. The maximum atomic E-state index is 5.92. The summed E-state index contributed by atoms with van der Waals surface area (Å²) >= 11 is 3.47. The van der Waals surface area contributed by atoms with Crippen molar-refractivity contribution in [1.29, 1.82) is 0 Å². The van der Waals surface area contributed by atoms with Gasteiger partial charge in [0.1, 0.15) is 0 Å². The molecule has 120 valence electrons. The van der Waals surface area contributed by atoms with Gasteiger partial charge in [0.05, 0.1) is 16.7 Å². The van der Waals surface area contributed by atoms with Crippen LogP contribution in [0.2, 0.25) is 0 Å². The van der Waals surface area contributed by atoms with Crippen molar-refractivity contribution in [2.75, 3.05) is 11.1 Å². The Balaban J connectivity index is 0.00000169. The van der Waals surface area contributed by atoms with Gasteiger partial charge in [-0.2, -0.15) is 0 Å². The lowest BCUT2D eigenvalue weighted by Crippen LogP contribution is -1.96. The van der Waals surface area contributed by atoms with E-state index in [1.54, 1.807) is 0 Å². The molecule has 1 heterocycles. The van der Waals surface area contributed by atoms with Gasteiger partial charge in [-0.25, -0.2) is 4.98 Å². The van der Waals surface area contributed by atoms with Gasteiger partial charge in [-0.15, -0.1) is 12.4 Å². The molecule has 0 fully saturated rings. The van der Waals surface area contributed by atoms with Crippen LogP contribution in [0.5, 0.6) is 0 Å². The fraction of sp³-hybridized carbons (Fsp3) is 0. The van der Waals surface area contributed by atoms with Gasteiger partial charge in [0.2, 0.25) is 0 Å². The van der Waals surface area contributed by atoms with Crippen molar-refractivity contribution in [3.8, 4) is 0 Å². The highest BCUT2D eigenvalue weighted by atomic mass is 79.9. The number of nitrogens with one attached hydrogen (secondary N) is 1. The molecule has 3 N–H and O–H groups in total. The van der Waals surface area contributed by atoms with Gasteiger partial charge in [-0.1, -0.05) is 34.1 Å². The number of aromatic nitrogens is 1. The Morgan fingerprint density at radius 1 is 0.833 bits per heavy atom. The van der Waals surface area contributed by atoms with E-state index in [-0.39, 0.29) is 12.4 Å². The highest BCUT2D eigenvalue weighted by molar-refractivity contribution is 9.10. The largest absolute Gasteiger partial charge is 0.399 e. The molecule has 0 aliphatic rings. The standard InChI is InChI=1S/C19H14BrN3.ClH/c20-12-5-8-14(9-6-12)22-19-15-3-1-2-4-17(15)23-18-11-13(21)7-10-16(18)19;/h1-11H,21H2,(H,22,23);1H. The summed E-state index contributed by atoms with van der Waals surface area (Å²) in [7, 11) is 0. The molecule has 24 heavy (non-hydrogen) atoms. The first kappa shape index (κ1) is 16.6. The number of anilines is 3. The first-order chi connectivity index (χ1) is 11.2. The van der Waals surface area contributed by atoms with Crippen LogP contribution in [-0.4, -0.2) is 4.98 Å². The smallest absolute Gasteiger partial charge is 0.0751 e. The van der Waals surface area contributed by atoms with Crippen LogP contribution in [0, 0.1) is 0 Å². The molecule has 0 spiro atoms. The number of nitrogens with zero attached hydrogens (tertiary/aromatic N) is 1. The summed E-state index contributed by atoms with van der Waals surface area (Å²) in [5, 5.41) is 5.68. The van der Waals surface area contributed by atoms with E-state index in [1.807, 2.05) is 60.7 Å². The van der Waals surface area contributed by atoms with Crippen molar-refractivity contribution >= 4 is 67.2 Å². The number of hydrogen-bond acceptors (Lipinski definition) is 3. The molecule has 0 saturated carbocycles. The highest BCUT2D eigenvalue weighted by Crippen LogP contribution is 2.34. The molecule has 0 aliphatic heterocycles. The number of pyridine rings is 1. The Hall–Kier alpha value is -2.30. The average Bonchev–Trinajstić information content (AvgIpc) is 2.56. The number of rotatable bonds is 2. The van der Waals surface area contributed by atoms with Crippen LogP contribution >= 0.6 is 28.3 Å². The molecule has 4 aromatic rings. The summed E-state index contributed by atoms with van der Waals surface area (Å²) in [6.45, 7) is 0. The molecule has 1 aromatic heterocycles. The second-order valence-corrected chi connectivity index (χ2v) is 6.33. The minimum absolute atomic E-state index is 0. The molecule has 0 radical (unpaired) electrons. The Morgan fingerprint density at radius 3 is 2.33 bits per heavy atom. The van der Waals surface area contributed by atoms with E-state index in [0.29, 0.717) is 0 Å². The molecule has 0 unspecified atom stereocenters. The molecule has 3 aromatic carbocycles. The zero-order valence-electron chi connectivity index (χ0n) is 12.7. The SMILES string of the molecule is Cl.Nc1ccc2c(Nc3ccc(Br)cc3)c3ccccc3nc2c1. The Labute approximate surface area is 154 Å². The minimum atomic E-state index is 0. The lowest BCUT2D eigenvalue weighted by molar-refractivity contribution is 1.48. The van der Waals surface area contributed by atoms with Crippen molar-refractivity contribution in [2.24, 2.45) is 0 Å². The normalized spacial score (nSPS) is 10.5.